The molecule has 0 bridgehead atoms. The summed E-state index contributed by atoms with van der Waals surface area (Å²) >= 11 is 12.3. The van der Waals surface area contributed by atoms with Gasteiger partial charge < -0.3 is 14.8 Å². The molecule has 2 aromatic carbocycles. The number of carbonyl (C=O) groups excluding carboxylic acids is 1. The molecule has 3 aliphatic heterocycles. The first-order valence-corrected chi connectivity index (χ1v) is 10.3. The van der Waals surface area contributed by atoms with Gasteiger partial charge in [-0.3, -0.25) is 9.69 Å². The van der Waals surface area contributed by atoms with Gasteiger partial charge in [0.1, 0.15) is 18.1 Å². The van der Waals surface area contributed by atoms with E-state index in [1.807, 2.05) is 29.2 Å². The second kappa shape index (κ2) is 7.67. The van der Waals surface area contributed by atoms with Crippen molar-refractivity contribution in [3.05, 3.63) is 63.6 Å². The average Bonchev–Trinajstić information content (AvgIpc) is 3.17. The fourth-order valence-corrected chi connectivity index (χ4v) is 4.45. The van der Waals surface area contributed by atoms with Crippen LogP contribution < -0.4 is 10.1 Å². The zero-order valence-electron chi connectivity index (χ0n) is 15.9. The number of azo groups is 1. The number of hydrogen-bond acceptors (Lipinski definition) is 6. The number of halogens is 2. The molecule has 0 aromatic heterocycles. The highest BCUT2D eigenvalue weighted by Gasteiger charge is 2.54. The van der Waals surface area contributed by atoms with Crippen LogP contribution in [0.25, 0.3) is 5.70 Å². The van der Waals surface area contributed by atoms with Crippen molar-refractivity contribution in [2.75, 3.05) is 38.2 Å². The summed E-state index contributed by atoms with van der Waals surface area (Å²) in [5, 5.41) is 12.7. The molecule has 5 rings (SSSR count). The van der Waals surface area contributed by atoms with E-state index in [1.54, 1.807) is 18.2 Å². The van der Waals surface area contributed by atoms with Crippen molar-refractivity contribution >= 4 is 40.5 Å². The van der Waals surface area contributed by atoms with E-state index in [1.165, 1.54) is 0 Å². The number of carbonyl (C=O) groups is 1. The number of rotatable bonds is 3. The summed E-state index contributed by atoms with van der Waals surface area (Å²) < 4.78 is 11.5. The van der Waals surface area contributed by atoms with Crippen molar-refractivity contribution in [3.63, 3.8) is 0 Å². The molecule has 1 fully saturated rings. The lowest BCUT2D eigenvalue weighted by Crippen LogP contribution is -2.60. The molecule has 3 heterocycles. The van der Waals surface area contributed by atoms with E-state index in [0.717, 1.165) is 11.3 Å². The Bertz CT molecular complexity index is 1080. The summed E-state index contributed by atoms with van der Waals surface area (Å²) in [5.41, 5.74) is 1.36. The summed E-state index contributed by atoms with van der Waals surface area (Å²) in [7, 11) is 0. The molecule has 7 nitrogen and oxygen atoms in total. The van der Waals surface area contributed by atoms with Gasteiger partial charge in [-0.2, -0.15) is 10.2 Å². The number of nitrogens with zero attached hydrogens (tertiary/aromatic N) is 3. The minimum absolute atomic E-state index is 0.221. The second-order valence-corrected chi connectivity index (χ2v) is 8.01. The van der Waals surface area contributed by atoms with Gasteiger partial charge in [-0.1, -0.05) is 35.3 Å². The number of hydrogen-bond donors (Lipinski definition) is 1. The Balaban J connectivity index is 1.59. The summed E-state index contributed by atoms with van der Waals surface area (Å²) in [6, 6.07) is 12.6. The zero-order chi connectivity index (χ0) is 20.7. The molecule has 0 aliphatic carbocycles. The molecule has 154 valence electrons. The van der Waals surface area contributed by atoms with Crippen molar-refractivity contribution in [1.29, 1.82) is 0 Å². The monoisotopic (exact) mass is 444 g/mol. The second-order valence-electron chi connectivity index (χ2n) is 7.16. The van der Waals surface area contributed by atoms with E-state index >= 15 is 0 Å². The van der Waals surface area contributed by atoms with Gasteiger partial charge in [0.15, 0.2) is 0 Å². The third-order valence-corrected chi connectivity index (χ3v) is 6.03. The first-order valence-electron chi connectivity index (χ1n) is 9.57. The van der Waals surface area contributed by atoms with Crippen LogP contribution in [-0.2, 0) is 9.53 Å². The third-order valence-electron chi connectivity index (χ3n) is 5.48. The number of amides is 1. The first kappa shape index (κ1) is 19.5. The average molecular weight is 445 g/mol. The predicted molar refractivity (Wildman–Crippen MR) is 114 cm³/mol. The first-order chi connectivity index (χ1) is 14.6. The summed E-state index contributed by atoms with van der Waals surface area (Å²) in [6.07, 6.45) is 0. The van der Waals surface area contributed by atoms with Crippen LogP contribution in [0.1, 0.15) is 5.56 Å². The SMILES string of the molecule is O=C(Nc1ccc(Cl)cc1Cl)C1(N2CCOCC2)N=NC2=C1COc1ccccc12. The van der Waals surface area contributed by atoms with Gasteiger partial charge in [0.25, 0.3) is 5.91 Å². The van der Waals surface area contributed by atoms with Crippen LogP contribution in [0.3, 0.4) is 0 Å². The van der Waals surface area contributed by atoms with E-state index in [0.29, 0.717) is 53.3 Å². The molecule has 1 unspecified atom stereocenters. The number of anilines is 1. The maximum Gasteiger partial charge on any atom is 0.274 e. The standard InChI is InChI=1S/C21H18Cl2N4O3/c22-13-5-6-17(16(23)11-13)24-20(28)21(27-7-9-29-10-8-27)15-12-30-18-4-2-1-3-14(18)19(15)25-26-21/h1-6,11H,7-10,12H2,(H,24,28). The number of morpholine rings is 1. The quantitative estimate of drug-likeness (QED) is 0.768. The highest BCUT2D eigenvalue weighted by Crippen LogP contribution is 2.46. The van der Waals surface area contributed by atoms with Crippen LogP contribution in [0.2, 0.25) is 10.0 Å². The van der Waals surface area contributed by atoms with E-state index < -0.39 is 5.66 Å². The Morgan fingerprint density at radius 1 is 1.13 bits per heavy atom. The normalized spacial score (nSPS) is 23.0. The van der Waals surface area contributed by atoms with Crippen LogP contribution in [-0.4, -0.2) is 49.4 Å². The van der Waals surface area contributed by atoms with Gasteiger partial charge in [-0.05, 0) is 30.3 Å². The lowest BCUT2D eigenvalue weighted by atomic mass is 9.91. The highest BCUT2D eigenvalue weighted by molar-refractivity contribution is 6.36. The van der Waals surface area contributed by atoms with Crippen molar-refractivity contribution in [2.45, 2.75) is 5.66 Å². The molecule has 1 atom stereocenters. The van der Waals surface area contributed by atoms with Crippen LogP contribution in [0.4, 0.5) is 5.69 Å². The minimum atomic E-state index is -1.32. The van der Waals surface area contributed by atoms with Crippen molar-refractivity contribution in [1.82, 2.24) is 4.90 Å². The van der Waals surface area contributed by atoms with Crippen molar-refractivity contribution < 1.29 is 14.3 Å². The fraction of sp³-hybridized carbons (Fsp3) is 0.286. The number of benzene rings is 2. The minimum Gasteiger partial charge on any atom is -0.488 e. The molecule has 30 heavy (non-hydrogen) atoms. The molecule has 0 spiro atoms. The fourth-order valence-electron chi connectivity index (χ4n) is 4.00. The van der Waals surface area contributed by atoms with E-state index in [9.17, 15) is 4.79 Å². The van der Waals surface area contributed by atoms with Gasteiger partial charge in [0.05, 0.1) is 23.9 Å². The summed E-state index contributed by atoms with van der Waals surface area (Å²) in [6.45, 7) is 2.32. The Morgan fingerprint density at radius 3 is 2.73 bits per heavy atom. The molecule has 3 aliphatic rings. The van der Waals surface area contributed by atoms with Gasteiger partial charge in [0.2, 0.25) is 5.66 Å². The Kier molecular flexibility index (Phi) is 4.99. The maximum atomic E-state index is 13.7. The summed E-state index contributed by atoms with van der Waals surface area (Å²) in [4.78, 5) is 15.7. The largest absolute Gasteiger partial charge is 0.488 e. The topological polar surface area (TPSA) is 75.5 Å². The smallest absolute Gasteiger partial charge is 0.274 e. The lowest BCUT2D eigenvalue weighted by molar-refractivity contribution is -0.128. The molecule has 1 saturated heterocycles. The van der Waals surface area contributed by atoms with Crippen molar-refractivity contribution in [3.8, 4) is 5.75 Å². The molecule has 1 amide bonds. The molecule has 2 aromatic rings. The molecule has 0 radical (unpaired) electrons. The van der Waals surface area contributed by atoms with Crippen LogP contribution >= 0.6 is 23.2 Å². The van der Waals surface area contributed by atoms with E-state index in [4.69, 9.17) is 32.7 Å². The van der Waals surface area contributed by atoms with Gasteiger partial charge in [-0.15, -0.1) is 0 Å². The van der Waals surface area contributed by atoms with Crippen LogP contribution in [0, 0.1) is 0 Å². The molecular formula is C21H18Cl2N4O3. The Labute approximate surface area is 183 Å². The third kappa shape index (κ3) is 3.09. The lowest BCUT2D eigenvalue weighted by Gasteiger charge is -2.40. The molecule has 9 heteroatoms. The van der Waals surface area contributed by atoms with Crippen LogP contribution in [0.15, 0.2) is 58.3 Å². The number of nitrogens with one attached hydrogen (secondary N) is 1. The summed E-state index contributed by atoms with van der Waals surface area (Å²) in [5.74, 6) is 0.388. The van der Waals surface area contributed by atoms with Gasteiger partial charge in [-0.25, -0.2) is 0 Å². The van der Waals surface area contributed by atoms with E-state index in [2.05, 4.69) is 15.5 Å². The maximum absolute atomic E-state index is 13.7. The number of ether oxygens (including phenoxy) is 2. The number of fused-ring (bicyclic) bond motifs is 2. The Morgan fingerprint density at radius 2 is 1.93 bits per heavy atom. The molecule has 0 saturated carbocycles. The molecular weight excluding hydrogens is 427 g/mol. The van der Waals surface area contributed by atoms with E-state index in [-0.39, 0.29) is 12.5 Å². The van der Waals surface area contributed by atoms with Crippen molar-refractivity contribution in [2.24, 2.45) is 10.2 Å². The Hall–Kier alpha value is -2.45. The van der Waals surface area contributed by atoms with Gasteiger partial charge in [0, 0.05) is 29.2 Å². The zero-order valence-corrected chi connectivity index (χ0v) is 17.4. The number of para-hydroxylation sites is 1. The van der Waals surface area contributed by atoms with Crippen LogP contribution in [0.5, 0.6) is 5.75 Å². The molecule has 1 N–H and O–H groups in total. The highest BCUT2D eigenvalue weighted by atomic mass is 35.5. The van der Waals surface area contributed by atoms with Gasteiger partial charge >= 0.3 is 0 Å². The predicted octanol–water partition coefficient (Wildman–Crippen LogP) is 4.23.